The van der Waals surface area contributed by atoms with E-state index < -0.39 is 11.5 Å². The van der Waals surface area contributed by atoms with Gasteiger partial charge in [-0.1, -0.05) is 13.8 Å². The van der Waals surface area contributed by atoms with Crippen molar-refractivity contribution in [3.8, 4) is 0 Å². The summed E-state index contributed by atoms with van der Waals surface area (Å²) in [5.74, 6) is 0.168. The van der Waals surface area contributed by atoms with Crippen LogP contribution in [0.2, 0.25) is 0 Å². The summed E-state index contributed by atoms with van der Waals surface area (Å²) in [4.78, 5) is 24.1. The third-order valence-corrected chi connectivity index (χ3v) is 9.74. The van der Waals surface area contributed by atoms with E-state index >= 15 is 0 Å². The highest BCUT2D eigenvalue weighted by molar-refractivity contribution is 6.23. The van der Waals surface area contributed by atoms with Gasteiger partial charge in [0.15, 0.2) is 0 Å². The lowest BCUT2D eigenvalue weighted by Gasteiger charge is -2.61. The Labute approximate surface area is 177 Å². The highest BCUT2D eigenvalue weighted by Gasteiger charge is 2.69. The standard InChI is InChI=1S/C23H31ClO5/c1-13(25)29-20-18-14(21(2)12-27-17(26)11-16(21)19(20)24)5-8-22(3)15(18)6-9-23(22)7-4-10-28-23/h11,14-15,18-20H,4-10,12H2,1-3H3/t14-,15-,18+,19-,20-,21+,22-,23-/m0/s1. The molecule has 160 valence electrons. The predicted molar refractivity (Wildman–Crippen MR) is 107 cm³/mol. The Morgan fingerprint density at radius 1 is 1.21 bits per heavy atom. The van der Waals surface area contributed by atoms with E-state index in [0.717, 1.165) is 50.7 Å². The summed E-state index contributed by atoms with van der Waals surface area (Å²) in [6.07, 6.45) is 7.65. The zero-order valence-corrected chi connectivity index (χ0v) is 18.3. The highest BCUT2D eigenvalue weighted by Crippen LogP contribution is 2.69. The number of alkyl halides is 1. The van der Waals surface area contributed by atoms with Crippen LogP contribution in [0.15, 0.2) is 11.6 Å². The lowest BCUT2D eigenvalue weighted by Crippen LogP contribution is -2.62. The molecule has 5 nitrogen and oxygen atoms in total. The van der Waals surface area contributed by atoms with Gasteiger partial charge in [0.2, 0.25) is 0 Å². The number of carbonyl (C=O) groups is 2. The summed E-state index contributed by atoms with van der Waals surface area (Å²) in [7, 11) is 0. The summed E-state index contributed by atoms with van der Waals surface area (Å²) in [6, 6.07) is 0. The number of cyclic esters (lactones) is 1. The van der Waals surface area contributed by atoms with Gasteiger partial charge in [0.1, 0.15) is 12.7 Å². The summed E-state index contributed by atoms with van der Waals surface area (Å²) >= 11 is 6.98. The number of hydrogen-bond donors (Lipinski definition) is 0. The third kappa shape index (κ3) is 2.56. The lowest BCUT2D eigenvalue weighted by molar-refractivity contribution is -0.183. The van der Waals surface area contributed by atoms with Crippen molar-refractivity contribution in [1.82, 2.24) is 0 Å². The number of rotatable bonds is 1. The predicted octanol–water partition coefficient (Wildman–Crippen LogP) is 4.02. The molecule has 6 heteroatoms. The molecule has 5 aliphatic rings. The van der Waals surface area contributed by atoms with Gasteiger partial charge in [-0.3, -0.25) is 4.79 Å². The van der Waals surface area contributed by atoms with Crippen molar-refractivity contribution in [3.63, 3.8) is 0 Å². The summed E-state index contributed by atoms with van der Waals surface area (Å²) < 4.78 is 17.8. The molecule has 0 aromatic carbocycles. The summed E-state index contributed by atoms with van der Waals surface area (Å²) in [6.45, 7) is 7.24. The second-order valence-electron chi connectivity index (χ2n) is 10.3. The van der Waals surface area contributed by atoms with E-state index in [4.69, 9.17) is 25.8 Å². The van der Waals surface area contributed by atoms with Crippen molar-refractivity contribution in [2.24, 2.45) is 28.6 Å². The van der Waals surface area contributed by atoms with Gasteiger partial charge in [-0.05, 0) is 61.3 Å². The Morgan fingerprint density at radius 3 is 2.66 bits per heavy atom. The van der Waals surface area contributed by atoms with Gasteiger partial charge in [-0.15, -0.1) is 11.6 Å². The Kier molecular flexibility index (Phi) is 4.43. The summed E-state index contributed by atoms with van der Waals surface area (Å²) in [5.41, 5.74) is 0.621. The minimum absolute atomic E-state index is 0.0404. The molecule has 0 bridgehead atoms. The van der Waals surface area contributed by atoms with Crippen LogP contribution < -0.4 is 0 Å². The third-order valence-electron chi connectivity index (χ3n) is 9.26. The van der Waals surface area contributed by atoms with Gasteiger partial charge in [0.25, 0.3) is 0 Å². The van der Waals surface area contributed by atoms with E-state index in [9.17, 15) is 9.59 Å². The van der Waals surface area contributed by atoms with Crippen molar-refractivity contribution in [2.45, 2.75) is 76.4 Å². The van der Waals surface area contributed by atoms with Crippen molar-refractivity contribution < 1.29 is 23.8 Å². The SMILES string of the molecule is CC(=O)O[C@H]1[C@@H]2[C@H](CC[C@@]3(C)[C@H]2CC[C@@]32CCCO2)[C@@]2(C)COC(=O)C=C2[C@@H]1Cl. The average molecular weight is 423 g/mol. The van der Waals surface area contributed by atoms with Crippen LogP contribution in [0.4, 0.5) is 0 Å². The molecule has 2 aliphatic heterocycles. The van der Waals surface area contributed by atoms with Gasteiger partial charge in [0, 0.05) is 30.9 Å². The molecular formula is C23H31ClO5. The molecule has 0 unspecified atom stereocenters. The van der Waals surface area contributed by atoms with Crippen molar-refractivity contribution >= 4 is 23.5 Å². The van der Waals surface area contributed by atoms with Crippen LogP contribution in [0.3, 0.4) is 0 Å². The molecule has 0 aromatic heterocycles. The maximum Gasteiger partial charge on any atom is 0.330 e. The topological polar surface area (TPSA) is 61.8 Å². The van der Waals surface area contributed by atoms with Crippen LogP contribution in [-0.2, 0) is 23.8 Å². The molecule has 29 heavy (non-hydrogen) atoms. The maximum atomic E-state index is 12.0. The fourth-order valence-corrected chi connectivity index (χ4v) is 8.42. The number of halogens is 1. The van der Waals surface area contributed by atoms with E-state index in [2.05, 4.69) is 13.8 Å². The van der Waals surface area contributed by atoms with Gasteiger partial charge >= 0.3 is 11.9 Å². The molecule has 0 radical (unpaired) electrons. The van der Waals surface area contributed by atoms with Crippen LogP contribution >= 0.6 is 11.6 Å². The van der Waals surface area contributed by atoms with E-state index in [1.807, 2.05) is 0 Å². The minimum Gasteiger partial charge on any atom is -0.462 e. The van der Waals surface area contributed by atoms with Crippen molar-refractivity contribution in [2.75, 3.05) is 13.2 Å². The van der Waals surface area contributed by atoms with Gasteiger partial charge < -0.3 is 14.2 Å². The molecule has 8 atom stereocenters. The quantitative estimate of drug-likeness (QED) is 0.471. The number of esters is 2. The first kappa shape index (κ1) is 19.9. The number of hydrogen-bond acceptors (Lipinski definition) is 5. The molecule has 1 spiro atoms. The van der Waals surface area contributed by atoms with E-state index in [1.165, 1.54) is 6.92 Å². The van der Waals surface area contributed by atoms with Crippen LogP contribution in [0, 0.1) is 28.6 Å². The van der Waals surface area contributed by atoms with Gasteiger partial charge in [0.05, 0.1) is 11.0 Å². The Balaban J connectivity index is 1.60. The van der Waals surface area contributed by atoms with Gasteiger partial charge in [-0.25, -0.2) is 4.79 Å². The average Bonchev–Trinajstić information content (AvgIpc) is 3.26. The normalized spacial score (nSPS) is 51.0. The van der Waals surface area contributed by atoms with Gasteiger partial charge in [-0.2, -0.15) is 0 Å². The molecule has 4 fully saturated rings. The molecule has 0 aromatic rings. The molecule has 1 saturated heterocycles. The summed E-state index contributed by atoms with van der Waals surface area (Å²) in [5, 5.41) is -0.499. The van der Waals surface area contributed by atoms with Crippen molar-refractivity contribution in [1.29, 1.82) is 0 Å². The number of carbonyl (C=O) groups excluding carboxylic acids is 2. The maximum absolute atomic E-state index is 12.0. The molecule has 5 rings (SSSR count). The van der Waals surface area contributed by atoms with E-state index in [1.54, 1.807) is 6.08 Å². The first-order valence-corrected chi connectivity index (χ1v) is 11.5. The Bertz CT molecular complexity index is 771. The second-order valence-corrected chi connectivity index (χ2v) is 10.8. The van der Waals surface area contributed by atoms with Crippen LogP contribution in [0.5, 0.6) is 0 Å². The monoisotopic (exact) mass is 422 g/mol. The fraction of sp³-hybridized carbons (Fsp3) is 0.826. The largest absolute Gasteiger partial charge is 0.462 e. The highest BCUT2D eigenvalue weighted by atomic mass is 35.5. The Morgan fingerprint density at radius 2 is 1.97 bits per heavy atom. The molecule has 2 heterocycles. The molecular weight excluding hydrogens is 392 g/mol. The van der Waals surface area contributed by atoms with Crippen LogP contribution in [0.1, 0.15) is 59.3 Å². The lowest BCUT2D eigenvalue weighted by atomic mass is 9.46. The van der Waals surface area contributed by atoms with Crippen LogP contribution in [-0.4, -0.2) is 42.2 Å². The first-order valence-electron chi connectivity index (χ1n) is 11.1. The zero-order valence-electron chi connectivity index (χ0n) is 17.5. The van der Waals surface area contributed by atoms with E-state index in [-0.39, 0.29) is 40.2 Å². The molecule has 0 amide bonds. The fourth-order valence-electron chi connectivity index (χ4n) is 7.89. The van der Waals surface area contributed by atoms with Crippen LogP contribution in [0.25, 0.3) is 0 Å². The molecule has 3 saturated carbocycles. The smallest absolute Gasteiger partial charge is 0.330 e. The van der Waals surface area contributed by atoms with E-state index in [0.29, 0.717) is 12.5 Å². The zero-order chi connectivity index (χ0) is 20.6. The Hall–Kier alpha value is -1.07. The second kappa shape index (κ2) is 6.46. The molecule has 0 N–H and O–H groups in total. The number of fused-ring (bicyclic) bond motifs is 6. The molecule has 3 aliphatic carbocycles. The number of ether oxygens (including phenoxy) is 3. The van der Waals surface area contributed by atoms with Crippen molar-refractivity contribution in [3.05, 3.63) is 11.6 Å². The first-order chi connectivity index (χ1) is 13.7. The minimum atomic E-state index is -0.499.